The molecule has 0 aliphatic heterocycles. The molecule has 0 aliphatic carbocycles. The SMILES string of the molecule is CC(C)CC(O)CNC(C)c1cc(F)ccc1F. The Labute approximate surface area is 107 Å². The topological polar surface area (TPSA) is 32.3 Å². The molecule has 0 bridgehead atoms. The smallest absolute Gasteiger partial charge is 0.128 e. The van der Waals surface area contributed by atoms with E-state index in [1.54, 1.807) is 6.92 Å². The molecule has 18 heavy (non-hydrogen) atoms. The van der Waals surface area contributed by atoms with Gasteiger partial charge in [-0.15, -0.1) is 0 Å². The summed E-state index contributed by atoms with van der Waals surface area (Å²) in [5, 5.41) is 12.7. The minimum atomic E-state index is -0.468. The highest BCUT2D eigenvalue weighted by molar-refractivity contribution is 5.21. The Bertz CT molecular complexity index is 382. The van der Waals surface area contributed by atoms with Crippen LogP contribution < -0.4 is 5.32 Å². The van der Waals surface area contributed by atoms with Crippen molar-refractivity contribution in [2.45, 2.75) is 39.3 Å². The molecule has 1 aromatic rings. The summed E-state index contributed by atoms with van der Waals surface area (Å²) in [6, 6.07) is 3.07. The fraction of sp³-hybridized carbons (Fsp3) is 0.571. The first kappa shape index (κ1) is 15.1. The number of aliphatic hydroxyl groups is 1. The lowest BCUT2D eigenvalue weighted by atomic mass is 10.0. The molecule has 0 saturated heterocycles. The van der Waals surface area contributed by atoms with E-state index in [1.165, 1.54) is 6.07 Å². The fourth-order valence-corrected chi connectivity index (χ4v) is 1.90. The third kappa shape index (κ3) is 4.70. The van der Waals surface area contributed by atoms with E-state index in [1.807, 2.05) is 13.8 Å². The first-order valence-corrected chi connectivity index (χ1v) is 6.26. The molecule has 0 aliphatic rings. The molecule has 0 saturated carbocycles. The second-order valence-corrected chi connectivity index (χ2v) is 5.08. The molecule has 102 valence electrons. The van der Waals surface area contributed by atoms with Gasteiger partial charge in [-0.3, -0.25) is 0 Å². The maximum atomic E-state index is 13.5. The van der Waals surface area contributed by atoms with Gasteiger partial charge in [-0.1, -0.05) is 13.8 Å². The van der Waals surface area contributed by atoms with Crippen molar-refractivity contribution in [1.82, 2.24) is 5.32 Å². The van der Waals surface area contributed by atoms with Crippen molar-refractivity contribution in [3.8, 4) is 0 Å². The maximum Gasteiger partial charge on any atom is 0.128 e. The second-order valence-electron chi connectivity index (χ2n) is 5.08. The summed E-state index contributed by atoms with van der Waals surface area (Å²) in [6.07, 6.45) is 0.217. The van der Waals surface area contributed by atoms with E-state index in [-0.39, 0.29) is 11.6 Å². The van der Waals surface area contributed by atoms with Crippen molar-refractivity contribution in [1.29, 1.82) is 0 Å². The van der Waals surface area contributed by atoms with Crippen molar-refractivity contribution >= 4 is 0 Å². The molecule has 1 rings (SSSR count). The summed E-state index contributed by atoms with van der Waals surface area (Å²) < 4.78 is 26.5. The van der Waals surface area contributed by atoms with E-state index in [0.717, 1.165) is 12.1 Å². The molecule has 0 fully saturated rings. The largest absolute Gasteiger partial charge is 0.392 e. The minimum absolute atomic E-state index is 0.284. The average molecular weight is 257 g/mol. The van der Waals surface area contributed by atoms with Crippen LogP contribution in [0, 0.1) is 17.6 Å². The van der Waals surface area contributed by atoms with Gasteiger partial charge in [-0.25, -0.2) is 8.78 Å². The predicted molar refractivity (Wildman–Crippen MR) is 68.2 cm³/mol. The second kappa shape index (κ2) is 6.81. The van der Waals surface area contributed by atoms with Gasteiger partial charge in [0.1, 0.15) is 11.6 Å². The summed E-state index contributed by atoms with van der Waals surface area (Å²) >= 11 is 0. The number of rotatable bonds is 6. The lowest BCUT2D eigenvalue weighted by molar-refractivity contribution is 0.143. The molecule has 0 radical (unpaired) electrons. The van der Waals surface area contributed by atoms with Gasteiger partial charge in [0.05, 0.1) is 6.10 Å². The molecule has 2 atom stereocenters. The molecule has 2 unspecified atom stereocenters. The predicted octanol–water partition coefficient (Wildman–Crippen LogP) is 3.02. The summed E-state index contributed by atoms with van der Waals surface area (Å²) in [5.74, 6) is -0.486. The summed E-state index contributed by atoms with van der Waals surface area (Å²) in [5.41, 5.74) is 0.284. The van der Waals surface area contributed by atoms with Crippen LogP contribution in [0.4, 0.5) is 8.78 Å². The van der Waals surface area contributed by atoms with Gasteiger partial charge < -0.3 is 10.4 Å². The number of hydrogen-bond donors (Lipinski definition) is 2. The fourth-order valence-electron chi connectivity index (χ4n) is 1.90. The van der Waals surface area contributed by atoms with Crippen molar-refractivity contribution in [3.63, 3.8) is 0 Å². The van der Waals surface area contributed by atoms with Crippen LogP contribution in [0.15, 0.2) is 18.2 Å². The van der Waals surface area contributed by atoms with E-state index >= 15 is 0 Å². The molecule has 1 aromatic carbocycles. The Morgan fingerprint density at radius 3 is 2.50 bits per heavy atom. The van der Waals surface area contributed by atoms with E-state index in [0.29, 0.717) is 18.9 Å². The molecular weight excluding hydrogens is 236 g/mol. The number of hydrogen-bond acceptors (Lipinski definition) is 2. The van der Waals surface area contributed by atoms with Crippen molar-refractivity contribution in [2.24, 2.45) is 5.92 Å². The third-order valence-corrected chi connectivity index (χ3v) is 2.83. The van der Waals surface area contributed by atoms with Crippen LogP contribution in [0.2, 0.25) is 0 Å². The Morgan fingerprint density at radius 1 is 1.22 bits per heavy atom. The van der Waals surface area contributed by atoms with Crippen LogP contribution in [0.3, 0.4) is 0 Å². The zero-order valence-electron chi connectivity index (χ0n) is 11.1. The molecule has 0 aromatic heterocycles. The lowest BCUT2D eigenvalue weighted by Crippen LogP contribution is -2.30. The molecule has 4 heteroatoms. The standard InChI is InChI=1S/C14H21F2NO/c1-9(2)6-12(18)8-17-10(3)13-7-11(15)4-5-14(13)16/h4-5,7,9-10,12,17-18H,6,8H2,1-3H3. The van der Waals surface area contributed by atoms with Gasteiger partial charge in [0.15, 0.2) is 0 Å². The van der Waals surface area contributed by atoms with Gasteiger partial charge in [-0.05, 0) is 37.5 Å². The number of halogens is 2. The van der Waals surface area contributed by atoms with Gasteiger partial charge in [-0.2, -0.15) is 0 Å². The molecule has 0 heterocycles. The molecular formula is C14H21F2NO. The average Bonchev–Trinajstić information content (AvgIpc) is 2.28. The summed E-state index contributed by atoms with van der Waals surface area (Å²) in [6.45, 7) is 6.17. The molecule has 2 N–H and O–H groups in total. The zero-order chi connectivity index (χ0) is 13.7. The van der Waals surface area contributed by atoms with Crippen LogP contribution in [0.5, 0.6) is 0 Å². The van der Waals surface area contributed by atoms with Crippen LogP contribution in [0.1, 0.15) is 38.8 Å². The van der Waals surface area contributed by atoms with Crippen LogP contribution >= 0.6 is 0 Å². The van der Waals surface area contributed by atoms with E-state index in [9.17, 15) is 13.9 Å². The lowest BCUT2D eigenvalue weighted by Gasteiger charge is -2.19. The maximum absolute atomic E-state index is 13.5. The summed E-state index contributed by atoms with van der Waals surface area (Å²) in [4.78, 5) is 0. The highest BCUT2D eigenvalue weighted by Crippen LogP contribution is 2.18. The first-order chi connectivity index (χ1) is 8.40. The highest BCUT2D eigenvalue weighted by atomic mass is 19.1. The minimum Gasteiger partial charge on any atom is -0.392 e. The van der Waals surface area contributed by atoms with Gasteiger partial charge in [0.25, 0.3) is 0 Å². The van der Waals surface area contributed by atoms with E-state index in [2.05, 4.69) is 5.32 Å². The van der Waals surface area contributed by atoms with Crippen LogP contribution in [-0.4, -0.2) is 17.8 Å². The Kier molecular flexibility index (Phi) is 5.69. The van der Waals surface area contributed by atoms with Crippen molar-refractivity contribution in [2.75, 3.05) is 6.54 Å². The van der Waals surface area contributed by atoms with Crippen LogP contribution in [0.25, 0.3) is 0 Å². The normalized spacial score (nSPS) is 14.8. The van der Waals surface area contributed by atoms with E-state index in [4.69, 9.17) is 0 Å². The Morgan fingerprint density at radius 2 is 1.89 bits per heavy atom. The highest BCUT2D eigenvalue weighted by Gasteiger charge is 2.14. The Balaban J connectivity index is 2.54. The molecule has 0 spiro atoms. The summed E-state index contributed by atoms with van der Waals surface area (Å²) in [7, 11) is 0. The monoisotopic (exact) mass is 257 g/mol. The zero-order valence-corrected chi connectivity index (χ0v) is 11.1. The number of aliphatic hydroxyl groups excluding tert-OH is 1. The van der Waals surface area contributed by atoms with Crippen LogP contribution in [-0.2, 0) is 0 Å². The molecule has 0 amide bonds. The van der Waals surface area contributed by atoms with Crippen molar-refractivity contribution in [3.05, 3.63) is 35.4 Å². The first-order valence-electron chi connectivity index (χ1n) is 6.26. The quantitative estimate of drug-likeness (QED) is 0.821. The van der Waals surface area contributed by atoms with Gasteiger partial charge in [0.2, 0.25) is 0 Å². The van der Waals surface area contributed by atoms with Gasteiger partial charge in [0, 0.05) is 18.2 Å². The van der Waals surface area contributed by atoms with Crippen molar-refractivity contribution < 1.29 is 13.9 Å². The Hall–Kier alpha value is -1.00. The molecule has 2 nitrogen and oxygen atoms in total. The van der Waals surface area contributed by atoms with Gasteiger partial charge >= 0.3 is 0 Å². The van der Waals surface area contributed by atoms with E-state index < -0.39 is 17.7 Å². The number of benzene rings is 1. The third-order valence-electron chi connectivity index (χ3n) is 2.83. The number of nitrogens with one attached hydrogen (secondary N) is 1.